The second-order valence-corrected chi connectivity index (χ2v) is 6.24. The Labute approximate surface area is 162 Å². The summed E-state index contributed by atoms with van der Waals surface area (Å²) >= 11 is 0. The fourth-order valence-electron chi connectivity index (χ4n) is 3.06. The van der Waals surface area contributed by atoms with Gasteiger partial charge in [0, 0.05) is 30.4 Å². The topological polar surface area (TPSA) is 83.6 Å². The minimum atomic E-state index is -0.178. The molecule has 0 spiro atoms. The largest absolute Gasteiger partial charge is 0.350 e. The summed E-state index contributed by atoms with van der Waals surface area (Å²) in [7, 11) is 0. The summed E-state index contributed by atoms with van der Waals surface area (Å²) in [6.07, 6.45) is 1.74. The van der Waals surface area contributed by atoms with Crippen LogP contribution in [0.15, 0.2) is 72.9 Å². The lowest BCUT2D eigenvalue weighted by Gasteiger charge is -2.10. The van der Waals surface area contributed by atoms with Crippen LogP contribution in [-0.4, -0.2) is 27.0 Å². The molecule has 0 fully saturated rings. The van der Waals surface area contributed by atoms with E-state index >= 15 is 0 Å². The predicted octanol–water partition coefficient (Wildman–Crippen LogP) is 3.40. The Balaban J connectivity index is 1.54. The predicted molar refractivity (Wildman–Crippen MR) is 106 cm³/mol. The number of aromatic nitrogens is 3. The van der Waals surface area contributed by atoms with Crippen LogP contribution in [0.3, 0.4) is 0 Å². The molecule has 6 nitrogen and oxygen atoms in total. The molecule has 0 bridgehead atoms. The molecule has 28 heavy (non-hydrogen) atoms. The Morgan fingerprint density at radius 2 is 1.82 bits per heavy atom. The van der Waals surface area contributed by atoms with Gasteiger partial charge in [0.25, 0.3) is 5.91 Å². The van der Waals surface area contributed by atoms with E-state index in [2.05, 4.69) is 10.3 Å². The summed E-state index contributed by atoms with van der Waals surface area (Å²) in [6.45, 7) is 0.973. The number of rotatable bonds is 5. The summed E-state index contributed by atoms with van der Waals surface area (Å²) < 4.78 is 2.02. The van der Waals surface area contributed by atoms with E-state index in [1.807, 2.05) is 53.1 Å². The van der Waals surface area contributed by atoms with Gasteiger partial charge in [0.15, 0.2) is 5.65 Å². The zero-order chi connectivity index (χ0) is 19.3. The highest BCUT2D eigenvalue weighted by Crippen LogP contribution is 2.23. The smallest absolute Gasteiger partial charge is 0.251 e. The Hall–Kier alpha value is -3.98. The van der Waals surface area contributed by atoms with Crippen molar-refractivity contribution in [3.05, 3.63) is 84.1 Å². The number of hydrogen-bond donors (Lipinski definition) is 1. The van der Waals surface area contributed by atoms with Gasteiger partial charge in [-0.2, -0.15) is 5.26 Å². The van der Waals surface area contributed by atoms with Crippen LogP contribution < -0.4 is 5.32 Å². The number of fused-ring (bicyclic) bond motifs is 1. The van der Waals surface area contributed by atoms with Crippen LogP contribution in [0, 0.1) is 11.3 Å². The molecule has 0 unspecified atom stereocenters. The number of nitriles is 1. The highest BCUT2D eigenvalue weighted by Gasteiger charge is 2.13. The van der Waals surface area contributed by atoms with Crippen molar-refractivity contribution in [1.29, 1.82) is 5.26 Å². The van der Waals surface area contributed by atoms with Crippen molar-refractivity contribution in [2.24, 2.45) is 0 Å². The molecule has 2 heterocycles. The van der Waals surface area contributed by atoms with Gasteiger partial charge in [-0.1, -0.05) is 30.3 Å². The lowest BCUT2D eigenvalue weighted by Crippen LogP contribution is -2.27. The van der Waals surface area contributed by atoms with Gasteiger partial charge in [-0.3, -0.25) is 4.79 Å². The number of hydrogen-bond acceptors (Lipinski definition) is 4. The molecule has 2 aromatic carbocycles. The van der Waals surface area contributed by atoms with Crippen molar-refractivity contribution in [3.63, 3.8) is 0 Å². The third-order valence-corrected chi connectivity index (χ3v) is 4.43. The fraction of sp³-hybridized carbons (Fsp3) is 0.0909. The molecule has 0 aliphatic carbocycles. The summed E-state index contributed by atoms with van der Waals surface area (Å²) in [5.41, 5.74) is 3.66. The van der Waals surface area contributed by atoms with Gasteiger partial charge in [0.1, 0.15) is 11.3 Å². The van der Waals surface area contributed by atoms with Crippen LogP contribution in [0.25, 0.3) is 22.6 Å². The van der Waals surface area contributed by atoms with Crippen LogP contribution in [0.1, 0.15) is 15.9 Å². The minimum Gasteiger partial charge on any atom is -0.350 e. The molecular weight excluding hydrogens is 350 g/mol. The number of imidazole rings is 1. The Kier molecular flexibility index (Phi) is 4.81. The second-order valence-electron chi connectivity index (χ2n) is 6.24. The van der Waals surface area contributed by atoms with Gasteiger partial charge in [0.2, 0.25) is 0 Å². The lowest BCUT2D eigenvalue weighted by molar-refractivity contribution is 0.0952. The first kappa shape index (κ1) is 17.4. The first-order chi connectivity index (χ1) is 13.8. The molecule has 1 amide bonds. The van der Waals surface area contributed by atoms with Crippen LogP contribution in [0.2, 0.25) is 0 Å². The zero-order valence-electron chi connectivity index (χ0n) is 15.0. The van der Waals surface area contributed by atoms with E-state index < -0.39 is 0 Å². The standard InChI is InChI=1S/C22H17N5O/c23-15-16-8-10-18(11-9-16)22(28)25-13-14-27-20(17-5-2-1-3-6-17)26-19-7-4-12-24-21(19)27/h1-12H,13-14H2,(H,25,28). The molecule has 6 heteroatoms. The summed E-state index contributed by atoms with van der Waals surface area (Å²) in [4.78, 5) is 21.5. The maximum absolute atomic E-state index is 12.4. The first-order valence-corrected chi connectivity index (χ1v) is 8.91. The molecule has 0 aliphatic rings. The van der Waals surface area contributed by atoms with Crippen molar-refractivity contribution in [3.8, 4) is 17.5 Å². The molecule has 1 N–H and O–H groups in total. The first-order valence-electron chi connectivity index (χ1n) is 8.91. The van der Waals surface area contributed by atoms with Gasteiger partial charge in [-0.05, 0) is 36.4 Å². The highest BCUT2D eigenvalue weighted by atomic mass is 16.1. The number of carbonyl (C=O) groups excluding carboxylic acids is 1. The molecule has 0 saturated carbocycles. The van der Waals surface area contributed by atoms with E-state index in [0.717, 1.165) is 22.6 Å². The van der Waals surface area contributed by atoms with Gasteiger partial charge < -0.3 is 9.88 Å². The van der Waals surface area contributed by atoms with Crippen molar-refractivity contribution < 1.29 is 4.79 Å². The number of nitrogens with one attached hydrogen (secondary N) is 1. The second kappa shape index (κ2) is 7.72. The molecule has 0 saturated heterocycles. The van der Waals surface area contributed by atoms with Crippen molar-refractivity contribution >= 4 is 17.1 Å². The molecule has 4 aromatic rings. The average Bonchev–Trinajstić information content (AvgIpc) is 3.13. The summed E-state index contributed by atoms with van der Waals surface area (Å²) in [5.74, 6) is 0.644. The molecule has 0 radical (unpaired) electrons. The van der Waals surface area contributed by atoms with Crippen LogP contribution in [0.5, 0.6) is 0 Å². The summed E-state index contributed by atoms with van der Waals surface area (Å²) in [5, 5.41) is 11.8. The molecular formula is C22H17N5O. The van der Waals surface area contributed by atoms with E-state index in [4.69, 9.17) is 10.2 Å². The number of carbonyl (C=O) groups is 1. The van der Waals surface area contributed by atoms with Gasteiger partial charge in [0.05, 0.1) is 11.6 Å². The normalized spacial score (nSPS) is 10.5. The fourth-order valence-corrected chi connectivity index (χ4v) is 3.06. The Morgan fingerprint density at radius 1 is 1.04 bits per heavy atom. The monoisotopic (exact) mass is 367 g/mol. The molecule has 0 aliphatic heterocycles. The van der Waals surface area contributed by atoms with Gasteiger partial charge in [-0.25, -0.2) is 9.97 Å². The Morgan fingerprint density at radius 3 is 2.57 bits per heavy atom. The number of pyridine rings is 1. The van der Waals surface area contributed by atoms with Crippen LogP contribution >= 0.6 is 0 Å². The van der Waals surface area contributed by atoms with Crippen molar-refractivity contribution in [2.45, 2.75) is 6.54 Å². The minimum absolute atomic E-state index is 0.178. The van der Waals surface area contributed by atoms with Crippen molar-refractivity contribution in [1.82, 2.24) is 19.9 Å². The average molecular weight is 367 g/mol. The third kappa shape index (κ3) is 3.46. The SMILES string of the molecule is N#Cc1ccc(C(=O)NCCn2c(-c3ccccc3)nc3cccnc32)cc1. The number of benzene rings is 2. The van der Waals surface area contributed by atoms with Gasteiger partial charge >= 0.3 is 0 Å². The van der Waals surface area contributed by atoms with Crippen LogP contribution in [-0.2, 0) is 6.54 Å². The zero-order valence-corrected chi connectivity index (χ0v) is 15.0. The van der Waals surface area contributed by atoms with E-state index in [1.54, 1.807) is 30.5 Å². The third-order valence-electron chi connectivity index (χ3n) is 4.43. The quantitative estimate of drug-likeness (QED) is 0.586. The van der Waals surface area contributed by atoms with E-state index in [9.17, 15) is 4.79 Å². The van der Waals surface area contributed by atoms with Gasteiger partial charge in [-0.15, -0.1) is 0 Å². The maximum Gasteiger partial charge on any atom is 0.251 e. The molecule has 4 rings (SSSR count). The van der Waals surface area contributed by atoms with E-state index in [0.29, 0.717) is 24.2 Å². The summed E-state index contributed by atoms with van der Waals surface area (Å²) in [6, 6.07) is 22.3. The molecule has 136 valence electrons. The van der Waals surface area contributed by atoms with E-state index in [1.165, 1.54) is 0 Å². The number of amides is 1. The van der Waals surface area contributed by atoms with E-state index in [-0.39, 0.29) is 5.91 Å². The van der Waals surface area contributed by atoms with Crippen molar-refractivity contribution in [2.75, 3.05) is 6.54 Å². The Bertz CT molecular complexity index is 1160. The highest BCUT2D eigenvalue weighted by molar-refractivity contribution is 5.94. The van der Waals surface area contributed by atoms with Crippen LogP contribution in [0.4, 0.5) is 0 Å². The molecule has 2 aromatic heterocycles. The number of nitrogens with zero attached hydrogens (tertiary/aromatic N) is 4. The maximum atomic E-state index is 12.4. The lowest BCUT2D eigenvalue weighted by atomic mass is 10.1. The molecule has 0 atom stereocenters.